The highest BCUT2D eigenvalue weighted by Crippen LogP contribution is 2.25. The van der Waals surface area contributed by atoms with Crippen molar-refractivity contribution in [2.45, 2.75) is 11.8 Å². The minimum absolute atomic E-state index is 0.0838. The van der Waals surface area contributed by atoms with E-state index in [9.17, 15) is 13.2 Å². The minimum Gasteiger partial charge on any atom is -0.271 e. The maximum atomic E-state index is 13.1. The van der Waals surface area contributed by atoms with Crippen LogP contribution in [0.25, 0.3) is 0 Å². The topological polar surface area (TPSA) is 78.8 Å². The van der Waals surface area contributed by atoms with Gasteiger partial charge in [-0.15, -0.1) is 11.3 Å². The molecule has 3 aromatic rings. The van der Waals surface area contributed by atoms with E-state index < -0.39 is 22.5 Å². The Bertz CT molecular complexity index is 1110. The molecule has 1 aromatic heterocycles. The molecule has 0 spiro atoms. The van der Waals surface area contributed by atoms with E-state index in [-0.39, 0.29) is 4.90 Å². The van der Waals surface area contributed by atoms with Crippen LogP contribution in [0.5, 0.6) is 0 Å². The maximum Gasteiger partial charge on any atom is 0.264 e. The molecule has 6 nitrogen and oxygen atoms in total. The van der Waals surface area contributed by atoms with E-state index in [0.29, 0.717) is 10.7 Å². The molecular formula is C20H18ClN3O3S2. The van der Waals surface area contributed by atoms with Gasteiger partial charge in [-0.3, -0.25) is 9.10 Å². The van der Waals surface area contributed by atoms with E-state index in [0.717, 1.165) is 14.7 Å². The lowest BCUT2D eigenvalue weighted by Crippen LogP contribution is -2.39. The summed E-state index contributed by atoms with van der Waals surface area (Å²) in [6.45, 7) is 1.51. The number of halogens is 1. The molecule has 0 aliphatic rings. The fraction of sp³-hybridized carbons (Fsp3) is 0.100. The summed E-state index contributed by atoms with van der Waals surface area (Å²) in [7, 11) is -3.96. The van der Waals surface area contributed by atoms with E-state index in [1.54, 1.807) is 42.5 Å². The number of anilines is 1. The third-order valence-corrected chi connectivity index (χ3v) is 7.00. The van der Waals surface area contributed by atoms with Crippen LogP contribution in [-0.2, 0) is 14.8 Å². The molecule has 150 valence electrons. The van der Waals surface area contributed by atoms with Crippen LogP contribution in [0.1, 0.15) is 10.4 Å². The molecule has 29 heavy (non-hydrogen) atoms. The second-order valence-electron chi connectivity index (χ2n) is 6.06. The van der Waals surface area contributed by atoms with Crippen molar-refractivity contribution in [1.29, 1.82) is 0 Å². The SMILES string of the molecule is Cc1ccsc1/C=N\NC(=O)CN(c1ccc(Cl)cc1)S(=O)(=O)c1ccccc1. The van der Waals surface area contributed by atoms with Gasteiger partial charge >= 0.3 is 0 Å². The van der Waals surface area contributed by atoms with Gasteiger partial charge in [0.25, 0.3) is 15.9 Å². The van der Waals surface area contributed by atoms with Gasteiger partial charge in [-0.2, -0.15) is 5.10 Å². The number of hydrazone groups is 1. The van der Waals surface area contributed by atoms with Gasteiger partial charge in [0.1, 0.15) is 6.54 Å². The quantitative estimate of drug-likeness (QED) is 0.438. The lowest BCUT2D eigenvalue weighted by atomic mass is 10.3. The molecule has 0 aliphatic carbocycles. The minimum atomic E-state index is -3.96. The molecule has 3 rings (SSSR count). The molecule has 0 saturated carbocycles. The van der Waals surface area contributed by atoms with Gasteiger partial charge in [0.15, 0.2) is 0 Å². The van der Waals surface area contributed by atoms with Crippen molar-refractivity contribution in [3.8, 4) is 0 Å². The van der Waals surface area contributed by atoms with Crippen molar-refractivity contribution < 1.29 is 13.2 Å². The molecule has 0 atom stereocenters. The number of hydrogen-bond donors (Lipinski definition) is 1. The molecule has 1 amide bonds. The van der Waals surface area contributed by atoms with Crippen LogP contribution >= 0.6 is 22.9 Å². The van der Waals surface area contributed by atoms with Gasteiger partial charge in [-0.05, 0) is 60.3 Å². The Balaban J connectivity index is 1.83. The number of carbonyl (C=O) groups excluding carboxylic acids is 1. The van der Waals surface area contributed by atoms with Gasteiger partial charge in [0, 0.05) is 9.90 Å². The Kier molecular flexibility index (Phi) is 6.68. The van der Waals surface area contributed by atoms with E-state index >= 15 is 0 Å². The Morgan fingerprint density at radius 3 is 2.45 bits per heavy atom. The summed E-state index contributed by atoms with van der Waals surface area (Å²) < 4.78 is 27.3. The number of rotatable bonds is 7. The average Bonchev–Trinajstić information content (AvgIpc) is 3.12. The predicted octanol–water partition coefficient (Wildman–Crippen LogP) is 4.06. The van der Waals surface area contributed by atoms with Crippen molar-refractivity contribution in [3.63, 3.8) is 0 Å². The number of sulfonamides is 1. The summed E-state index contributed by atoms with van der Waals surface area (Å²) in [5, 5.41) is 6.32. The van der Waals surface area contributed by atoms with Gasteiger partial charge < -0.3 is 0 Å². The van der Waals surface area contributed by atoms with Gasteiger partial charge in [-0.1, -0.05) is 29.8 Å². The fourth-order valence-electron chi connectivity index (χ4n) is 2.49. The summed E-state index contributed by atoms with van der Waals surface area (Å²) in [5.41, 5.74) is 3.76. The number of amides is 1. The second-order valence-corrected chi connectivity index (χ2v) is 9.31. The van der Waals surface area contributed by atoms with Gasteiger partial charge in [0.2, 0.25) is 0 Å². The third kappa shape index (κ3) is 5.23. The lowest BCUT2D eigenvalue weighted by molar-refractivity contribution is -0.119. The summed E-state index contributed by atoms with van der Waals surface area (Å²) in [4.78, 5) is 13.4. The zero-order valence-electron chi connectivity index (χ0n) is 15.4. The first-order valence-electron chi connectivity index (χ1n) is 8.57. The van der Waals surface area contributed by atoms with Crippen LogP contribution in [0.2, 0.25) is 5.02 Å². The molecule has 0 unspecified atom stereocenters. The summed E-state index contributed by atoms with van der Waals surface area (Å²) in [5.74, 6) is -0.565. The van der Waals surface area contributed by atoms with Gasteiger partial charge in [0.05, 0.1) is 16.8 Å². The highest BCUT2D eigenvalue weighted by molar-refractivity contribution is 7.92. The van der Waals surface area contributed by atoms with E-state index in [1.165, 1.54) is 29.7 Å². The van der Waals surface area contributed by atoms with Crippen LogP contribution < -0.4 is 9.73 Å². The standard InChI is InChI=1S/C20H18ClN3O3S2/c1-15-11-12-28-19(15)13-22-23-20(25)14-24(17-9-7-16(21)8-10-17)29(26,27)18-5-3-2-4-6-18/h2-13H,14H2,1H3,(H,23,25)/b22-13-. The van der Waals surface area contributed by atoms with Crippen molar-refractivity contribution in [3.05, 3.63) is 81.5 Å². The first-order valence-corrected chi connectivity index (χ1v) is 11.3. The number of nitrogens with zero attached hydrogens (tertiary/aromatic N) is 2. The van der Waals surface area contributed by atoms with Crippen molar-refractivity contribution >= 4 is 50.8 Å². The summed E-state index contributed by atoms with van der Waals surface area (Å²) in [6, 6.07) is 16.1. The molecule has 2 aromatic carbocycles. The smallest absolute Gasteiger partial charge is 0.264 e. The largest absolute Gasteiger partial charge is 0.271 e. The number of nitrogens with one attached hydrogen (secondary N) is 1. The van der Waals surface area contributed by atoms with E-state index in [2.05, 4.69) is 10.5 Å². The Labute approximate surface area is 178 Å². The Hall–Kier alpha value is -2.68. The Morgan fingerprint density at radius 2 is 1.83 bits per heavy atom. The first-order chi connectivity index (χ1) is 13.9. The normalized spacial score (nSPS) is 11.5. The van der Waals surface area contributed by atoms with E-state index in [4.69, 9.17) is 11.6 Å². The fourth-order valence-corrected chi connectivity index (χ4v) is 4.84. The molecular weight excluding hydrogens is 430 g/mol. The van der Waals surface area contributed by atoms with Crippen molar-refractivity contribution in [2.75, 3.05) is 10.8 Å². The summed E-state index contributed by atoms with van der Waals surface area (Å²) in [6.07, 6.45) is 1.54. The van der Waals surface area contributed by atoms with Crippen LogP contribution in [0.4, 0.5) is 5.69 Å². The van der Waals surface area contributed by atoms with Crippen LogP contribution in [0, 0.1) is 6.92 Å². The molecule has 0 fully saturated rings. The number of benzene rings is 2. The zero-order chi connectivity index (χ0) is 20.9. The maximum absolute atomic E-state index is 13.1. The monoisotopic (exact) mass is 447 g/mol. The molecule has 0 bridgehead atoms. The Morgan fingerprint density at radius 1 is 1.14 bits per heavy atom. The van der Waals surface area contributed by atoms with E-state index in [1.807, 2.05) is 18.4 Å². The van der Waals surface area contributed by atoms with Crippen LogP contribution in [-0.4, -0.2) is 27.1 Å². The second kappa shape index (κ2) is 9.21. The first kappa shape index (κ1) is 21.0. The number of hydrogen-bond acceptors (Lipinski definition) is 5. The summed E-state index contributed by atoms with van der Waals surface area (Å²) >= 11 is 7.41. The zero-order valence-corrected chi connectivity index (χ0v) is 17.8. The van der Waals surface area contributed by atoms with Crippen molar-refractivity contribution in [2.24, 2.45) is 5.10 Å². The average molecular weight is 448 g/mol. The van der Waals surface area contributed by atoms with Gasteiger partial charge in [-0.25, -0.2) is 13.8 Å². The molecule has 9 heteroatoms. The van der Waals surface area contributed by atoms with Crippen LogP contribution in [0.15, 0.2) is 76.0 Å². The third-order valence-electron chi connectivity index (χ3n) is 4.01. The number of aryl methyl sites for hydroxylation is 1. The molecule has 0 aliphatic heterocycles. The highest BCUT2D eigenvalue weighted by atomic mass is 35.5. The van der Waals surface area contributed by atoms with Crippen LogP contribution in [0.3, 0.4) is 0 Å². The molecule has 1 N–H and O–H groups in total. The lowest BCUT2D eigenvalue weighted by Gasteiger charge is -2.23. The number of thiophene rings is 1. The predicted molar refractivity (Wildman–Crippen MR) is 117 cm³/mol. The molecule has 0 radical (unpaired) electrons. The highest BCUT2D eigenvalue weighted by Gasteiger charge is 2.27. The molecule has 0 saturated heterocycles. The number of carbonyl (C=O) groups is 1. The molecule has 1 heterocycles. The van der Waals surface area contributed by atoms with Crippen molar-refractivity contribution in [1.82, 2.24) is 5.43 Å².